The molecule has 5 nitrogen and oxygen atoms in total. The highest BCUT2D eigenvalue weighted by atomic mass is 35.5. The molecule has 0 saturated carbocycles. The number of hydrogen-bond donors (Lipinski definition) is 1. The first-order valence-electron chi connectivity index (χ1n) is 8.71. The van der Waals surface area contributed by atoms with E-state index in [1.807, 2.05) is 4.90 Å². The second-order valence-electron chi connectivity index (χ2n) is 6.12. The lowest BCUT2D eigenvalue weighted by Crippen LogP contribution is -2.41. The molecular weight excluding hydrogens is 366 g/mol. The molecule has 0 aliphatic carbocycles. The predicted octanol–water partition coefficient (Wildman–Crippen LogP) is 3.00. The van der Waals surface area contributed by atoms with Crippen LogP contribution < -0.4 is 10.5 Å². The molecule has 26 heavy (non-hydrogen) atoms. The Balaban J connectivity index is 0.00000338. The van der Waals surface area contributed by atoms with Gasteiger partial charge in [0.15, 0.2) is 0 Å². The number of ether oxygens (including phenoxy) is 2. The second-order valence-corrected chi connectivity index (χ2v) is 6.12. The van der Waals surface area contributed by atoms with Crippen LogP contribution in [0.4, 0.5) is 8.78 Å². The molecule has 0 unspecified atom stereocenters. The van der Waals surface area contributed by atoms with Crippen LogP contribution in [0.5, 0.6) is 5.75 Å². The molecule has 1 heterocycles. The van der Waals surface area contributed by atoms with Crippen molar-refractivity contribution < 1.29 is 23.0 Å². The molecule has 1 amide bonds. The molecule has 1 aromatic carbocycles. The van der Waals surface area contributed by atoms with Crippen molar-refractivity contribution in [1.29, 1.82) is 0 Å². The fourth-order valence-corrected chi connectivity index (χ4v) is 2.85. The Morgan fingerprint density at radius 1 is 1.23 bits per heavy atom. The molecule has 0 aromatic heterocycles. The summed E-state index contributed by atoms with van der Waals surface area (Å²) in [6, 6.07) is 6.41. The molecule has 1 aliphatic heterocycles. The molecular formula is C18H27ClF2N2O3. The van der Waals surface area contributed by atoms with Gasteiger partial charge < -0.3 is 20.1 Å². The van der Waals surface area contributed by atoms with Crippen molar-refractivity contribution in [3.8, 4) is 5.75 Å². The van der Waals surface area contributed by atoms with Gasteiger partial charge in [-0.15, -0.1) is 12.4 Å². The van der Waals surface area contributed by atoms with Crippen molar-refractivity contribution >= 4 is 18.3 Å². The molecule has 148 valence electrons. The zero-order chi connectivity index (χ0) is 18.1. The number of aryl methyl sites for hydroxylation is 1. The van der Waals surface area contributed by atoms with Crippen molar-refractivity contribution in [2.75, 3.05) is 26.2 Å². The fourth-order valence-electron chi connectivity index (χ4n) is 2.85. The molecule has 1 saturated heterocycles. The van der Waals surface area contributed by atoms with Gasteiger partial charge in [-0.1, -0.05) is 12.1 Å². The minimum absolute atomic E-state index is 0. The number of alkyl halides is 2. The largest absolute Gasteiger partial charge is 0.435 e. The Hall–Kier alpha value is -1.44. The smallest absolute Gasteiger partial charge is 0.387 e. The summed E-state index contributed by atoms with van der Waals surface area (Å²) in [7, 11) is 0. The minimum Gasteiger partial charge on any atom is -0.435 e. The van der Waals surface area contributed by atoms with Gasteiger partial charge in [0.1, 0.15) is 5.75 Å². The number of carbonyl (C=O) groups is 1. The van der Waals surface area contributed by atoms with Crippen LogP contribution in [-0.2, 0) is 16.0 Å². The molecule has 2 N–H and O–H groups in total. The number of nitrogens with two attached hydrogens (primary N) is 1. The van der Waals surface area contributed by atoms with Gasteiger partial charge in [0.2, 0.25) is 5.91 Å². The Morgan fingerprint density at radius 2 is 1.88 bits per heavy atom. The van der Waals surface area contributed by atoms with E-state index in [0.29, 0.717) is 39.1 Å². The van der Waals surface area contributed by atoms with Gasteiger partial charge in [-0.3, -0.25) is 4.79 Å². The van der Waals surface area contributed by atoms with Gasteiger partial charge in [0, 0.05) is 26.1 Å². The first-order valence-corrected chi connectivity index (χ1v) is 8.71. The number of likely N-dealkylation sites (tertiary alicyclic amines) is 1. The topological polar surface area (TPSA) is 64.8 Å². The van der Waals surface area contributed by atoms with Gasteiger partial charge in [-0.05, 0) is 49.9 Å². The summed E-state index contributed by atoms with van der Waals surface area (Å²) >= 11 is 0. The van der Waals surface area contributed by atoms with Crippen LogP contribution in [0, 0.1) is 0 Å². The highest BCUT2D eigenvalue weighted by Gasteiger charge is 2.22. The minimum atomic E-state index is -2.82. The highest BCUT2D eigenvalue weighted by molar-refractivity contribution is 5.85. The number of halogens is 3. The normalized spacial score (nSPS) is 15.0. The van der Waals surface area contributed by atoms with Crippen LogP contribution in [0.1, 0.15) is 31.2 Å². The van der Waals surface area contributed by atoms with Crippen molar-refractivity contribution in [3.05, 3.63) is 29.8 Å². The SMILES string of the molecule is Cl.NCCCOC1CCN(C(=O)CCc2ccc(OC(F)F)cc2)CC1. The standard InChI is InChI=1S/C18H26F2N2O3.ClH/c19-18(20)25-16-5-2-14(3-6-16)4-7-17(23)22-11-8-15(9-12-22)24-13-1-10-21;/h2-3,5-6,15,18H,1,4,7-13,21H2;1H. The summed E-state index contributed by atoms with van der Waals surface area (Å²) in [6.07, 6.45) is 3.79. The molecule has 0 bridgehead atoms. The quantitative estimate of drug-likeness (QED) is 0.656. The van der Waals surface area contributed by atoms with Crippen LogP contribution in [0.2, 0.25) is 0 Å². The number of benzene rings is 1. The van der Waals surface area contributed by atoms with Crippen LogP contribution in [0.25, 0.3) is 0 Å². The maximum Gasteiger partial charge on any atom is 0.387 e. The van der Waals surface area contributed by atoms with E-state index < -0.39 is 6.61 Å². The molecule has 0 radical (unpaired) electrons. The van der Waals surface area contributed by atoms with E-state index in [2.05, 4.69) is 4.74 Å². The highest BCUT2D eigenvalue weighted by Crippen LogP contribution is 2.18. The lowest BCUT2D eigenvalue weighted by atomic mass is 10.1. The summed E-state index contributed by atoms with van der Waals surface area (Å²) in [5.74, 6) is 0.245. The third-order valence-electron chi connectivity index (χ3n) is 4.27. The van der Waals surface area contributed by atoms with E-state index >= 15 is 0 Å². The monoisotopic (exact) mass is 392 g/mol. The van der Waals surface area contributed by atoms with Gasteiger partial charge in [0.25, 0.3) is 0 Å². The molecule has 1 aliphatic rings. The lowest BCUT2D eigenvalue weighted by Gasteiger charge is -2.32. The van der Waals surface area contributed by atoms with Crippen molar-refractivity contribution in [1.82, 2.24) is 4.90 Å². The van der Waals surface area contributed by atoms with E-state index in [-0.39, 0.29) is 30.2 Å². The zero-order valence-electron chi connectivity index (χ0n) is 14.7. The number of hydrogen-bond acceptors (Lipinski definition) is 4. The van der Waals surface area contributed by atoms with Crippen LogP contribution in [0.15, 0.2) is 24.3 Å². The lowest BCUT2D eigenvalue weighted by molar-refractivity contribution is -0.133. The van der Waals surface area contributed by atoms with E-state index in [0.717, 1.165) is 24.8 Å². The maximum absolute atomic E-state index is 12.3. The van der Waals surface area contributed by atoms with Crippen molar-refractivity contribution in [2.45, 2.75) is 44.8 Å². The first-order chi connectivity index (χ1) is 12.1. The Morgan fingerprint density at radius 3 is 2.46 bits per heavy atom. The summed E-state index contributed by atoms with van der Waals surface area (Å²) in [5.41, 5.74) is 6.37. The molecule has 2 rings (SSSR count). The van der Waals surface area contributed by atoms with Gasteiger partial charge in [-0.2, -0.15) is 8.78 Å². The number of piperidine rings is 1. The summed E-state index contributed by atoms with van der Waals surface area (Å²) in [4.78, 5) is 14.2. The van der Waals surface area contributed by atoms with Crippen LogP contribution in [0.3, 0.4) is 0 Å². The molecule has 0 atom stereocenters. The molecule has 8 heteroatoms. The van der Waals surface area contributed by atoms with E-state index in [4.69, 9.17) is 10.5 Å². The average Bonchev–Trinajstić information content (AvgIpc) is 2.61. The van der Waals surface area contributed by atoms with Gasteiger partial charge in [0.05, 0.1) is 6.10 Å². The Labute approximate surface area is 159 Å². The number of amides is 1. The third-order valence-corrected chi connectivity index (χ3v) is 4.27. The van der Waals surface area contributed by atoms with E-state index in [1.54, 1.807) is 12.1 Å². The number of nitrogens with zero attached hydrogens (tertiary/aromatic N) is 1. The molecule has 0 spiro atoms. The summed E-state index contributed by atoms with van der Waals surface area (Å²) < 4.78 is 34.3. The second kappa shape index (κ2) is 12.0. The zero-order valence-corrected chi connectivity index (χ0v) is 15.6. The van der Waals surface area contributed by atoms with Crippen LogP contribution in [-0.4, -0.2) is 49.8 Å². The van der Waals surface area contributed by atoms with Crippen LogP contribution >= 0.6 is 12.4 Å². The fraction of sp³-hybridized carbons (Fsp3) is 0.611. The Kier molecular flexibility index (Phi) is 10.5. The van der Waals surface area contributed by atoms with Gasteiger partial charge >= 0.3 is 6.61 Å². The van der Waals surface area contributed by atoms with Gasteiger partial charge in [-0.25, -0.2) is 0 Å². The van der Waals surface area contributed by atoms with Crippen molar-refractivity contribution in [3.63, 3.8) is 0 Å². The molecule has 1 aromatic rings. The molecule has 1 fully saturated rings. The van der Waals surface area contributed by atoms with Crippen molar-refractivity contribution in [2.24, 2.45) is 5.73 Å². The predicted molar refractivity (Wildman–Crippen MR) is 97.9 cm³/mol. The summed E-state index contributed by atoms with van der Waals surface area (Å²) in [5, 5.41) is 0. The number of rotatable bonds is 9. The van der Waals surface area contributed by atoms with E-state index in [9.17, 15) is 13.6 Å². The average molecular weight is 393 g/mol. The number of carbonyl (C=O) groups excluding carboxylic acids is 1. The maximum atomic E-state index is 12.3. The van der Waals surface area contributed by atoms with E-state index in [1.165, 1.54) is 12.1 Å². The third kappa shape index (κ3) is 7.85. The summed E-state index contributed by atoms with van der Waals surface area (Å²) in [6.45, 7) is -0.0808. The first kappa shape index (κ1) is 22.6. The Bertz CT molecular complexity index is 524.